The van der Waals surface area contributed by atoms with E-state index < -0.39 is 57.8 Å². The molecule has 0 aromatic heterocycles. The summed E-state index contributed by atoms with van der Waals surface area (Å²) in [7, 11) is -4.77. The number of phosphoric acid groups is 1. The van der Waals surface area contributed by atoms with Gasteiger partial charge in [0.1, 0.15) is 12.7 Å². The highest BCUT2D eigenvalue weighted by Crippen LogP contribution is 2.43. The number of allylic oxidation sites excluding steroid dienone is 20. The summed E-state index contributed by atoms with van der Waals surface area (Å²) in [6.45, 7) is 4.21. The SMILES string of the molecule is CC/C=C\C/C=C\C/C=C\C/C=C\CCCCC(=O)OC(CO)COP(=O)(O)OCC(COC(=O)CCCCCCC/C=C\C/C=C\C/C=C\CC)OC(=O)CCCCCCCCC/C=C\C/C=C\C/C=C\CC. The van der Waals surface area contributed by atoms with Crippen molar-refractivity contribution in [1.29, 1.82) is 0 Å². The highest BCUT2D eigenvalue weighted by molar-refractivity contribution is 7.47. The number of aliphatic hydroxyl groups is 1. The smallest absolute Gasteiger partial charge is 0.462 e. The number of ether oxygens (including phenoxy) is 3. The third-order valence-electron chi connectivity index (χ3n) is 11.4. The number of esters is 3. The van der Waals surface area contributed by atoms with E-state index in [1.807, 2.05) is 0 Å². The second-order valence-corrected chi connectivity index (χ2v) is 19.8. The van der Waals surface area contributed by atoms with Crippen molar-refractivity contribution in [1.82, 2.24) is 0 Å². The van der Waals surface area contributed by atoms with Crippen molar-refractivity contribution in [3.05, 3.63) is 122 Å². The van der Waals surface area contributed by atoms with Crippen LogP contribution in [0.25, 0.3) is 0 Å². The number of unbranched alkanes of at least 4 members (excludes halogenated alkanes) is 14. The van der Waals surface area contributed by atoms with E-state index >= 15 is 0 Å². The molecule has 0 spiro atoms. The largest absolute Gasteiger partial charge is 0.472 e. The minimum absolute atomic E-state index is 0.117. The molecule has 0 fully saturated rings. The van der Waals surface area contributed by atoms with Gasteiger partial charge in [0.25, 0.3) is 0 Å². The maximum atomic E-state index is 12.9. The van der Waals surface area contributed by atoms with Crippen LogP contribution < -0.4 is 0 Å². The van der Waals surface area contributed by atoms with Crippen LogP contribution in [0.4, 0.5) is 0 Å². The zero-order chi connectivity index (χ0) is 54.1. The second-order valence-electron chi connectivity index (χ2n) is 18.3. The Kier molecular flexibility index (Phi) is 52.1. The highest BCUT2D eigenvalue weighted by atomic mass is 31.2. The van der Waals surface area contributed by atoms with Crippen LogP contribution in [-0.2, 0) is 42.2 Å². The first-order chi connectivity index (χ1) is 36.2. The number of aliphatic hydroxyl groups excluding tert-OH is 1. The lowest BCUT2D eigenvalue weighted by atomic mass is 10.1. The molecule has 0 aromatic carbocycles. The van der Waals surface area contributed by atoms with E-state index in [4.69, 9.17) is 23.3 Å². The van der Waals surface area contributed by atoms with E-state index in [1.165, 1.54) is 0 Å². The predicted octanol–water partition coefficient (Wildman–Crippen LogP) is 16.8. The predicted molar refractivity (Wildman–Crippen MR) is 306 cm³/mol. The van der Waals surface area contributed by atoms with E-state index in [0.29, 0.717) is 19.3 Å². The van der Waals surface area contributed by atoms with Gasteiger partial charge in [0.15, 0.2) is 6.10 Å². The highest BCUT2D eigenvalue weighted by Gasteiger charge is 2.28. The van der Waals surface area contributed by atoms with Gasteiger partial charge < -0.3 is 24.2 Å². The van der Waals surface area contributed by atoms with Crippen molar-refractivity contribution >= 4 is 25.7 Å². The van der Waals surface area contributed by atoms with Gasteiger partial charge in [-0.1, -0.05) is 194 Å². The molecule has 0 bridgehead atoms. The number of rotatable bonds is 51. The third kappa shape index (κ3) is 52.7. The van der Waals surface area contributed by atoms with Gasteiger partial charge in [-0.2, -0.15) is 0 Å². The van der Waals surface area contributed by atoms with Crippen molar-refractivity contribution in [2.24, 2.45) is 0 Å². The molecule has 0 amide bonds. The number of carbonyl (C=O) groups is 3. The minimum Gasteiger partial charge on any atom is -0.462 e. The van der Waals surface area contributed by atoms with Crippen molar-refractivity contribution in [2.75, 3.05) is 26.4 Å². The molecule has 12 heteroatoms. The van der Waals surface area contributed by atoms with Crippen molar-refractivity contribution in [3.63, 3.8) is 0 Å². The lowest BCUT2D eigenvalue weighted by Gasteiger charge is -2.21. The van der Waals surface area contributed by atoms with Gasteiger partial charge in [0.05, 0.1) is 19.8 Å². The normalized spacial score (nSPS) is 14.3. The van der Waals surface area contributed by atoms with Crippen LogP contribution in [0.1, 0.15) is 213 Å². The maximum absolute atomic E-state index is 12.9. The molecule has 74 heavy (non-hydrogen) atoms. The summed E-state index contributed by atoms with van der Waals surface area (Å²) >= 11 is 0. The monoisotopic (exact) mass is 1050 g/mol. The van der Waals surface area contributed by atoms with Gasteiger partial charge in [-0.25, -0.2) is 4.57 Å². The molecular weight excluding hydrogens is 952 g/mol. The number of hydrogen-bond acceptors (Lipinski definition) is 10. The number of hydrogen-bond donors (Lipinski definition) is 2. The molecule has 0 saturated carbocycles. The molecule has 11 nitrogen and oxygen atoms in total. The van der Waals surface area contributed by atoms with Crippen LogP contribution >= 0.6 is 7.82 Å². The van der Waals surface area contributed by atoms with Gasteiger partial charge in [-0.3, -0.25) is 23.4 Å². The Labute approximate surface area is 449 Å². The van der Waals surface area contributed by atoms with Gasteiger partial charge >= 0.3 is 25.7 Å². The Balaban J connectivity index is 4.82. The zero-order valence-electron chi connectivity index (χ0n) is 46.3. The molecule has 0 rings (SSSR count). The second kappa shape index (κ2) is 55.1. The van der Waals surface area contributed by atoms with Gasteiger partial charge in [-0.05, 0) is 122 Å². The summed E-state index contributed by atoms with van der Waals surface area (Å²) in [5, 5.41) is 9.81. The maximum Gasteiger partial charge on any atom is 0.472 e. The van der Waals surface area contributed by atoms with E-state index in [9.17, 15) is 28.9 Å². The summed E-state index contributed by atoms with van der Waals surface area (Å²) in [6, 6.07) is 0. The molecule has 0 aromatic rings. The molecule has 3 unspecified atom stereocenters. The summed E-state index contributed by atoms with van der Waals surface area (Å²) in [5.74, 6) is -1.55. The Morgan fingerprint density at radius 3 is 1.04 bits per heavy atom. The molecule has 0 radical (unpaired) electrons. The standard InChI is InChI=1S/C62H101O11P/c1-4-7-10-13-16-19-22-25-28-29-32-35-38-41-44-47-50-53-62(66)73-59(55-69-60(64)51-48-45-42-39-36-33-30-26-23-20-17-14-11-8-5-2)57-71-74(67,68)70-56-58(54-63)72-61(65)52-49-46-43-40-37-34-31-27-24-21-18-15-12-9-6-3/h7-12,16-21,25-28,30-31,37,40,58-59,63H,4-6,13-15,22-24,29,32-36,38-39,41-57H2,1-3H3,(H,67,68)/b10-7-,11-8-,12-9-,19-16-,20-17-,21-18-,28-25-,30-26-,31-27-,40-37-. The van der Waals surface area contributed by atoms with Crippen molar-refractivity contribution in [2.45, 2.75) is 226 Å². The minimum atomic E-state index is -4.77. The van der Waals surface area contributed by atoms with Crippen LogP contribution in [0, 0.1) is 0 Å². The molecule has 3 atom stereocenters. The molecule has 2 N–H and O–H groups in total. The van der Waals surface area contributed by atoms with Crippen LogP contribution in [0.2, 0.25) is 0 Å². The van der Waals surface area contributed by atoms with E-state index in [0.717, 1.165) is 154 Å². The first-order valence-corrected chi connectivity index (χ1v) is 29.9. The quantitative estimate of drug-likeness (QED) is 0.0197. The third-order valence-corrected chi connectivity index (χ3v) is 12.3. The topological polar surface area (TPSA) is 155 Å². The van der Waals surface area contributed by atoms with Gasteiger partial charge in [-0.15, -0.1) is 0 Å². The van der Waals surface area contributed by atoms with Crippen molar-refractivity contribution in [3.8, 4) is 0 Å². The van der Waals surface area contributed by atoms with E-state index in [-0.39, 0.29) is 25.9 Å². The fraction of sp³-hybridized carbons (Fsp3) is 0.629. The van der Waals surface area contributed by atoms with Crippen molar-refractivity contribution < 1.29 is 52.2 Å². The Morgan fingerprint density at radius 1 is 0.378 bits per heavy atom. The average molecular weight is 1050 g/mol. The van der Waals surface area contributed by atoms with E-state index in [1.54, 1.807) is 0 Å². The Hall–Kier alpha value is -4.12. The summed E-state index contributed by atoms with van der Waals surface area (Å²) in [4.78, 5) is 48.5. The number of phosphoric ester groups is 1. The molecule has 0 aliphatic carbocycles. The summed E-state index contributed by atoms with van der Waals surface area (Å²) in [6.07, 6.45) is 67.3. The molecule has 0 heterocycles. The van der Waals surface area contributed by atoms with Crippen LogP contribution in [0.15, 0.2) is 122 Å². The molecule has 0 aliphatic rings. The Bertz CT molecular complexity index is 1700. The van der Waals surface area contributed by atoms with Crippen LogP contribution in [0.3, 0.4) is 0 Å². The summed E-state index contributed by atoms with van der Waals surface area (Å²) in [5.41, 5.74) is 0. The van der Waals surface area contributed by atoms with Gasteiger partial charge in [0.2, 0.25) is 0 Å². The van der Waals surface area contributed by atoms with Gasteiger partial charge in [0, 0.05) is 19.3 Å². The summed E-state index contributed by atoms with van der Waals surface area (Å²) < 4.78 is 39.5. The number of carbonyl (C=O) groups excluding carboxylic acids is 3. The lowest BCUT2D eigenvalue weighted by molar-refractivity contribution is -0.161. The molecular formula is C62H101O11P. The van der Waals surface area contributed by atoms with Crippen LogP contribution in [0.5, 0.6) is 0 Å². The fourth-order valence-corrected chi connectivity index (χ4v) is 7.92. The van der Waals surface area contributed by atoms with Crippen LogP contribution in [-0.4, -0.2) is 66.5 Å². The van der Waals surface area contributed by atoms with E-state index in [2.05, 4.69) is 142 Å². The fourth-order valence-electron chi connectivity index (χ4n) is 7.14. The first-order valence-electron chi connectivity index (χ1n) is 28.4. The lowest BCUT2D eigenvalue weighted by Crippen LogP contribution is -2.30. The first kappa shape index (κ1) is 69.9. The molecule has 0 aliphatic heterocycles. The molecule has 420 valence electrons. The molecule has 0 saturated heterocycles. The average Bonchev–Trinajstić information content (AvgIpc) is 3.39. The zero-order valence-corrected chi connectivity index (χ0v) is 47.2. The Morgan fingerprint density at radius 2 is 0.662 bits per heavy atom.